The molecular formula is C19H23NO4S2. The zero-order chi connectivity index (χ0) is 18.7. The second kappa shape index (κ2) is 7.80. The zero-order valence-corrected chi connectivity index (χ0v) is 16.5. The molecule has 1 heterocycles. The van der Waals surface area contributed by atoms with Gasteiger partial charge in [-0.3, -0.25) is 4.79 Å². The number of carbonyl (C=O) groups excluding carboxylic acids is 1. The first-order chi connectivity index (χ1) is 12.4. The summed E-state index contributed by atoms with van der Waals surface area (Å²) < 4.78 is 31.4. The summed E-state index contributed by atoms with van der Waals surface area (Å²) in [4.78, 5) is 13.3. The summed E-state index contributed by atoms with van der Waals surface area (Å²) in [6.45, 7) is 1.98. The number of hydrogen-bond acceptors (Lipinski definition) is 5. The van der Waals surface area contributed by atoms with Gasteiger partial charge in [-0.2, -0.15) is 0 Å². The number of amides is 1. The molecule has 1 aliphatic carbocycles. The van der Waals surface area contributed by atoms with Crippen LogP contribution < -0.4 is 10.1 Å². The van der Waals surface area contributed by atoms with Crippen LogP contribution in [0, 0.1) is 11.8 Å². The van der Waals surface area contributed by atoms with Gasteiger partial charge in [0.15, 0.2) is 9.84 Å². The molecule has 26 heavy (non-hydrogen) atoms. The third-order valence-corrected chi connectivity index (χ3v) is 8.06. The highest BCUT2D eigenvalue weighted by Crippen LogP contribution is 2.37. The number of rotatable bonds is 8. The van der Waals surface area contributed by atoms with E-state index in [9.17, 15) is 13.2 Å². The number of sulfone groups is 1. The van der Waals surface area contributed by atoms with Gasteiger partial charge in [0.1, 0.15) is 11.0 Å². The average molecular weight is 394 g/mol. The van der Waals surface area contributed by atoms with E-state index in [-0.39, 0.29) is 23.3 Å². The molecule has 2 unspecified atom stereocenters. The molecule has 0 saturated heterocycles. The highest BCUT2D eigenvalue weighted by atomic mass is 32.2. The van der Waals surface area contributed by atoms with Crippen molar-refractivity contribution < 1.29 is 17.9 Å². The lowest BCUT2D eigenvalue weighted by atomic mass is 10.1. The van der Waals surface area contributed by atoms with Crippen molar-refractivity contribution in [3.8, 4) is 5.75 Å². The van der Waals surface area contributed by atoms with Crippen LogP contribution in [0.1, 0.15) is 29.9 Å². The summed E-state index contributed by atoms with van der Waals surface area (Å²) in [5.41, 5.74) is 0. The maximum Gasteiger partial charge on any atom is 0.223 e. The fourth-order valence-electron chi connectivity index (χ4n) is 2.93. The van der Waals surface area contributed by atoms with Gasteiger partial charge in [-0.05, 0) is 54.5 Å². The van der Waals surface area contributed by atoms with E-state index < -0.39 is 15.1 Å². The van der Waals surface area contributed by atoms with Gasteiger partial charge in [0.25, 0.3) is 0 Å². The van der Waals surface area contributed by atoms with E-state index in [1.165, 1.54) is 18.4 Å². The average Bonchev–Trinajstić information content (AvgIpc) is 3.36. The normalized spacial score (nSPS) is 16.7. The van der Waals surface area contributed by atoms with Crippen molar-refractivity contribution in [3.05, 3.63) is 46.7 Å². The Labute approximate surface area is 158 Å². The molecule has 1 aliphatic rings. The van der Waals surface area contributed by atoms with Crippen LogP contribution in [0.4, 0.5) is 0 Å². The third kappa shape index (κ3) is 4.10. The van der Waals surface area contributed by atoms with E-state index in [2.05, 4.69) is 5.32 Å². The SMILES string of the molecule is COc1ccc(S(=O)(=O)C(CNC(=O)C(C)C2CC2)c2cccs2)cc1. The molecule has 3 rings (SSSR count). The Morgan fingerprint density at radius 2 is 1.96 bits per heavy atom. The first-order valence-corrected chi connectivity index (χ1v) is 11.0. The van der Waals surface area contributed by atoms with Gasteiger partial charge in [-0.15, -0.1) is 11.3 Å². The molecule has 0 radical (unpaired) electrons. The number of nitrogens with one attached hydrogen (secondary N) is 1. The minimum absolute atomic E-state index is 0.0670. The van der Waals surface area contributed by atoms with Crippen molar-refractivity contribution in [3.63, 3.8) is 0 Å². The Hall–Kier alpha value is -1.86. The fourth-order valence-corrected chi connectivity index (χ4v) is 5.72. The summed E-state index contributed by atoms with van der Waals surface area (Å²) in [6.07, 6.45) is 2.15. The summed E-state index contributed by atoms with van der Waals surface area (Å²) in [5.74, 6) is 0.901. The van der Waals surface area contributed by atoms with E-state index in [1.54, 1.807) is 30.3 Å². The lowest BCUT2D eigenvalue weighted by Gasteiger charge is -2.19. The summed E-state index contributed by atoms with van der Waals surface area (Å²) in [5, 5.41) is 3.90. The molecule has 1 aromatic carbocycles. The first-order valence-electron chi connectivity index (χ1n) is 8.62. The number of methoxy groups -OCH3 is 1. The van der Waals surface area contributed by atoms with E-state index >= 15 is 0 Å². The van der Waals surface area contributed by atoms with Crippen molar-refractivity contribution in [2.75, 3.05) is 13.7 Å². The van der Waals surface area contributed by atoms with Crippen molar-refractivity contribution in [1.82, 2.24) is 5.32 Å². The third-order valence-electron chi connectivity index (χ3n) is 4.83. The Morgan fingerprint density at radius 3 is 2.50 bits per heavy atom. The molecule has 0 aliphatic heterocycles. The molecule has 0 bridgehead atoms. The van der Waals surface area contributed by atoms with Gasteiger partial charge >= 0.3 is 0 Å². The predicted molar refractivity (Wildman–Crippen MR) is 102 cm³/mol. The maximum atomic E-state index is 13.2. The van der Waals surface area contributed by atoms with Crippen LogP contribution >= 0.6 is 11.3 Å². The highest BCUT2D eigenvalue weighted by Gasteiger charge is 2.35. The molecule has 1 saturated carbocycles. The van der Waals surface area contributed by atoms with Crippen LogP contribution in [0.25, 0.3) is 0 Å². The monoisotopic (exact) mass is 393 g/mol. The molecule has 140 valence electrons. The van der Waals surface area contributed by atoms with E-state index in [4.69, 9.17) is 4.74 Å². The molecule has 2 atom stereocenters. The second-order valence-electron chi connectivity index (χ2n) is 6.60. The largest absolute Gasteiger partial charge is 0.497 e. The van der Waals surface area contributed by atoms with E-state index in [0.29, 0.717) is 11.7 Å². The summed E-state index contributed by atoms with van der Waals surface area (Å²) in [6, 6.07) is 9.98. The molecule has 1 N–H and O–H groups in total. The van der Waals surface area contributed by atoms with Crippen LogP contribution in [-0.2, 0) is 14.6 Å². The second-order valence-corrected chi connectivity index (χ2v) is 9.71. The quantitative estimate of drug-likeness (QED) is 0.746. The van der Waals surface area contributed by atoms with Crippen LogP contribution in [0.3, 0.4) is 0 Å². The lowest BCUT2D eigenvalue weighted by Crippen LogP contribution is -2.35. The number of carbonyl (C=O) groups is 1. The van der Waals surface area contributed by atoms with E-state index in [1.807, 2.05) is 18.4 Å². The van der Waals surface area contributed by atoms with Gasteiger partial charge in [0.2, 0.25) is 5.91 Å². The molecule has 5 nitrogen and oxygen atoms in total. The van der Waals surface area contributed by atoms with Crippen LogP contribution in [0.2, 0.25) is 0 Å². The van der Waals surface area contributed by atoms with Gasteiger partial charge < -0.3 is 10.1 Å². The molecule has 0 spiro atoms. The standard InChI is InChI=1S/C19H23NO4S2/c1-13(14-5-6-14)19(21)20-12-18(17-4-3-11-25-17)26(22,23)16-9-7-15(24-2)8-10-16/h3-4,7-11,13-14,18H,5-6,12H2,1-2H3,(H,20,21). The minimum atomic E-state index is -3.63. The number of ether oxygens (including phenoxy) is 1. The molecule has 1 aromatic heterocycles. The molecule has 1 amide bonds. The number of benzene rings is 1. The molecular weight excluding hydrogens is 370 g/mol. The maximum absolute atomic E-state index is 13.2. The molecule has 1 fully saturated rings. The summed E-state index contributed by atoms with van der Waals surface area (Å²) >= 11 is 1.38. The predicted octanol–water partition coefficient (Wildman–Crippen LogP) is 3.43. The number of hydrogen-bond donors (Lipinski definition) is 1. The van der Waals surface area contributed by atoms with Crippen molar-refractivity contribution in [2.24, 2.45) is 11.8 Å². The minimum Gasteiger partial charge on any atom is -0.497 e. The topological polar surface area (TPSA) is 72.5 Å². The Kier molecular flexibility index (Phi) is 5.67. The van der Waals surface area contributed by atoms with Gasteiger partial charge in [0, 0.05) is 17.3 Å². The Morgan fingerprint density at radius 1 is 1.27 bits per heavy atom. The highest BCUT2D eigenvalue weighted by molar-refractivity contribution is 7.91. The van der Waals surface area contributed by atoms with Crippen molar-refractivity contribution in [2.45, 2.75) is 29.9 Å². The van der Waals surface area contributed by atoms with Gasteiger partial charge in [-0.25, -0.2) is 8.42 Å². The Balaban J connectivity index is 1.81. The first kappa shape index (κ1) is 18.9. The molecule has 2 aromatic rings. The number of thiophene rings is 1. The van der Waals surface area contributed by atoms with Gasteiger partial charge in [0.05, 0.1) is 12.0 Å². The van der Waals surface area contributed by atoms with Crippen molar-refractivity contribution in [1.29, 1.82) is 0 Å². The summed E-state index contributed by atoms with van der Waals surface area (Å²) in [7, 11) is -2.10. The molecule has 7 heteroatoms. The van der Waals surface area contributed by atoms with Crippen LogP contribution in [-0.4, -0.2) is 28.0 Å². The Bertz CT molecular complexity index is 840. The lowest BCUT2D eigenvalue weighted by molar-refractivity contribution is -0.125. The fraction of sp³-hybridized carbons (Fsp3) is 0.421. The zero-order valence-electron chi connectivity index (χ0n) is 14.8. The van der Waals surface area contributed by atoms with E-state index in [0.717, 1.165) is 17.7 Å². The van der Waals surface area contributed by atoms with Crippen LogP contribution in [0.5, 0.6) is 5.75 Å². The smallest absolute Gasteiger partial charge is 0.223 e. The van der Waals surface area contributed by atoms with Crippen LogP contribution in [0.15, 0.2) is 46.7 Å². The van der Waals surface area contributed by atoms with Crippen molar-refractivity contribution >= 4 is 27.1 Å². The van der Waals surface area contributed by atoms with Gasteiger partial charge in [-0.1, -0.05) is 13.0 Å².